The number of aromatic nitrogens is 1. The molecule has 0 spiro atoms. The lowest BCUT2D eigenvalue weighted by Gasteiger charge is -2.05. The van der Waals surface area contributed by atoms with Gasteiger partial charge in [-0.05, 0) is 11.6 Å². The second kappa shape index (κ2) is 3.65. The van der Waals surface area contributed by atoms with Gasteiger partial charge in [-0.1, -0.05) is 6.07 Å². The van der Waals surface area contributed by atoms with Crippen LogP contribution in [-0.4, -0.2) is 10.9 Å². The molecule has 0 saturated carbocycles. The number of carbonyl (C=O) groups is 1. The fourth-order valence-corrected chi connectivity index (χ4v) is 0.823. The molecule has 0 saturated heterocycles. The summed E-state index contributed by atoms with van der Waals surface area (Å²) in [6, 6.07) is 1.91. The average Bonchev–Trinajstić information content (AvgIpc) is 2.02. The van der Waals surface area contributed by atoms with Crippen molar-refractivity contribution in [2.24, 2.45) is 5.73 Å². The van der Waals surface area contributed by atoms with Crippen LogP contribution in [0.4, 0.5) is 13.2 Å². The van der Waals surface area contributed by atoms with Crippen molar-refractivity contribution in [2.75, 3.05) is 0 Å². The number of nitrogens with two attached hydrogens (primary N) is 1. The Labute approximate surface area is 77.7 Å². The van der Waals surface area contributed by atoms with E-state index in [9.17, 15) is 18.0 Å². The highest BCUT2D eigenvalue weighted by molar-refractivity contribution is 5.86. The molecule has 0 aliphatic carbocycles. The first kappa shape index (κ1) is 10.5. The molecule has 0 aliphatic heterocycles. The van der Waals surface area contributed by atoms with Gasteiger partial charge in [-0.25, -0.2) is 0 Å². The monoisotopic (exact) mass is 203 g/mol. The molecule has 1 amide bonds. The van der Waals surface area contributed by atoms with E-state index < -0.39 is 17.8 Å². The molecule has 1 aromatic rings. The minimum atomic E-state index is -4.47. The van der Waals surface area contributed by atoms with Gasteiger partial charge in [-0.2, -0.15) is 13.2 Å². The summed E-state index contributed by atoms with van der Waals surface area (Å²) in [5.41, 5.74) is 4.04. The van der Waals surface area contributed by atoms with Crippen molar-refractivity contribution in [1.29, 1.82) is 0 Å². The molecule has 14 heavy (non-hydrogen) atoms. The second-order valence-corrected chi connectivity index (χ2v) is 2.52. The van der Waals surface area contributed by atoms with Gasteiger partial charge in [0.05, 0.1) is 6.42 Å². The summed E-state index contributed by atoms with van der Waals surface area (Å²) in [4.78, 5) is 13.5. The third-order valence-corrected chi connectivity index (χ3v) is 1.39. The highest BCUT2D eigenvalue weighted by atomic mass is 19.4. The average molecular weight is 203 g/mol. The summed E-state index contributed by atoms with van der Waals surface area (Å²) >= 11 is 0. The molecule has 0 bridgehead atoms. The maximum absolute atomic E-state index is 12.0. The first-order valence-electron chi connectivity index (χ1n) is 3.57. The number of primary amides is 1. The molecule has 1 aromatic heterocycles. The van der Waals surface area contributed by atoms with Gasteiger partial charge in [0.15, 0.2) is 0 Å². The lowest BCUT2D eigenvalue weighted by atomic mass is 10.2. The Balaban J connectivity index is 2.84. The van der Waals surface area contributed by atoms with Crippen molar-refractivity contribution in [3.8, 4) is 0 Å². The number of amides is 1. The van der Waals surface area contributed by atoms with Gasteiger partial charge in [0, 0.05) is 6.20 Å². The van der Waals surface area contributed by atoms with Crippen LogP contribution in [0.1, 0.15) is 11.3 Å². The van der Waals surface area contributed by atoms with Crippen molar-refractivity contribution < 1.29 is 18.0 Å². The topological polar surface area (TPSA) is 56.0 Å². The second-order valence-electron chi connectivity index (χ2n) is 2.52. The van der Waals surface area contributed by atoms with E-state index in [4.69, 9.17) is 5.73 Å². The first-order valence-corrected chi connectivity index (χ1v) is 3.57. The number of rotatable bonds is 2. The molecule has 6 heteroatoms. The normalized spacial score (nSPS) is 11.4. The van der Waals surface area contributed by atoms with Crippen molar-refractivity contribution in [1.82, 2.24) is 4.98 Å². The molecular weight excluding hydrogens is 197 g/mol. The Morgan fingerprint density at radius 2 is 2.07 bits per heavy atom. The van der Waals surface area contributed by atoms with E-state index in [-0.39, 0.29) is 5.56 Å². The number of alkyl halides is 3. The van der Waals surface area contributed by atoms with Crippen LogP contribution in [0.25, 0.3) is 0 Å². The smallest absolute Gasteiger partial charge is 0.369 e. The minimum absolute atomic E-state index is 0.241. The van der Waals surface area contributed by atoms with Crippen molar-refractivity contribution in [3.05, 3.63) is 36.0 Å². The van der Waals surface area contributed by atoms with E-state index in [0.717, 1.165) is 24.8 Å². The Hall–Kier alpha value is -1.59. The molecule has 2 N–H and O–H groups in total. The molecule has 3 nitrogen and oxygen atoms in total. The lowest BCUT2D eigenvalue weighted by molar-refractivity contribution is -0.141. The summed E-state index contributed by atoms with van der Waals surface area (Å²) in [6.07, 6.45) is -2.54. The maximum Gasteiger partial charge on any atom is 0.433 e. The summed E-state index contributed by atoms with van der Waals surface area (Å²) in [5, 5.41) is 0. The maximum atomic E-state index is 12.0. The Bertz CT molecular complexity index is 331. The zero-order chi connectivity index (χ0) is 10.8. The van der Waals surface area contributed by atoms with Gasteiger partial charge in [0.2, 0.25) is 5.91 Å². The summed E-state index contributed by atoms with van der Waals surface area (Å²) in [7, 11) is 0. The van der Waals surface area contributed by atoms with Gasteiger partial charge < -0.3 is 5.73 Å². The van der Waals surface area contributed by atoms with Crippen LogP contribution in [0.15, 0.2) is 18.3 Å². The molecule has 1 rings (SSSR count). The quantitative estimate of drug-likeness (QED) is 0.783. The largest absolute Gasteiger partial charge is 0.433 e. The number of hydrogen-bond acceptors (Lipinski definition) is 2. The van der Waals surface area contributed by atoms with Gasteiger partial charge in [0.25, 0.3) is 0 Å². The summed E-state index contributed by atoms with van der Waals surface area (Å²) in [6.45, 7) is 0. The molecule has 0 unspecified atom stereocenters. The van der Waals surface area contributed by atoms with Crippen molar-refractivity contribution >= 4 is 5.91 Å². The standard InChI is InChI=1S/C8H6F3N2O/c9-8(10,11)6-2-1-5(4-13-6)3-7(12)14/h1-4H,(H2,12,14). The molecule has 1 heterocycles. The number of hydrogen-bond donors (Lipinski definition) is 1. The molecule has 0 fully saturated rings. The van der Waals surface area contributed by atoms with Crippen LogP contribution < -0.4 is 5.73 Å². The minimum Gasteiger partial charge on any atom is -0.369 e. The van der Waals surface area contributed by atoms with Crippen LogP contribution in [0.5, 0.6) is 0 Å². The van der Waals surface area contributed by atoms with Crippen LogP contribution in [0.2, 0.25) is 0 Å². The van der Waals surface area contributed by atoms with Gasteiger partial charge in [0.1, 0.15) is 5.69 Å². The SMILES string of the molecule is NC(=O)[CH]c1ccc(C(F)(F)F)nc1. The number of halogens is 3. The predicted octanol–water partition coefficient (Wildman–Crippen LogP) is 1.14. The summed E-state index contributed by atoms with van der Waals surface area (Å²) < 4.78 is 36.1. The van der Waals surface area contributed by atoms with E-state index >= 15 is 0 Å². The lowest BCUT2D eigenvalue weighted by Crippen LogP contribution is -2.12. The Morgan fingerprint density at radius 3 is 2.43 bits per heavy atom. The van der Waals surface area contributed by atoms with Gasteiger partial charge in [-0.15, -0.1) is 0 Å². The van der Waals surface area contributed by atoms with Gasteiger partial charge >= 0.3 is 6.18 Å². The number of pyridine rings is 1. The molecule has 0 aliphatic rings. The highest BCUT2D eigenvalue weighted by Gasteiger charge is 2.31. The van der Waals surface area contributed by atoms with Crippen LogP contribution >= 0.6 is 0 Å². The fourth-order valence-electron chi connectivity index (χ4n) is 0.823. The zero-order valence-corrected chi connectivity index (χ0v) is 6.88. The molecular formula is C8H6F3N2O. The van der Waals surface area contributed by atoms with E-state index in [0.29, 0.717) is 0 Å². The molecule has 75 valence electrons. The van der Waals surface area contributed by atoms with E-state index in [2.05, 4.69) is 4.98 Å². The highest BCUT2D eigenvalue weighted by Crippen LogP contribution is 2.27. The van der Waals surface area contributed by atoms with E-state index in [1.165, 1.54) is 0 Å². The number of carbonyl (C=O) groups excluding carboxylic acids is 1. The van der Waals surface area contributed by atoms with Gasteiger partial charge in [-0.3, -0.25) is 9.78 Å². The van der Waals surface area contributed by atoms with Crippen molar-refractivity contribution in [2.45, 2.75) is 6.18 Å². The van der Waals surface area contributed by atoms with E-state index in [1.807, 2.05) is 0 Å². The first-order chi connectivity index (χ1) is 6.39. The number of nitrogens with zero attached hydrogens (tertiary/aromatic N) is 1. The van der Waals surface area contributed by atoms with Crippen molar-refractivity contribution in [3.63, 3.8) is 0 Å². The third kappa shape index (κ3) is 2.72. The zero-order valence-electron chi connectivity index (χ0n) is 6.88. The van der Waals surface area contributed by atoms with Crippen LogP contribution in [0.3, 0.4) is 0 Å². The summed E-state index contributed by atoms with van der Waals surface area (Å²) in [5.74, 6) is -0.730. The molecule has 0 atom stereocenters. The molecule has 1 radical (unpaired) electrons. The Morgan fingerprint density at radius 1 is 1.43 bits per heavy atom. The van der Waals surface area contributed by atoms with Crippen LogP contribution in [0, 0.1) is 6.42 Å². The third-order valence-electron chi connectivity index (χ3n) is 1.39. The predicted molar refractivity (Wildman–Crippen MR) is 41.8 cm³/mol. The Kier molecular flexibility index (Phi) is 2.73. The molecule has 0 aromatic carbocycles. The fraction of sp³-hybridized carbons (Fsp3) is 0.125. The van der Waals surface area contributed by atoms with Crippen LogP contribution in [-0.2, 0) is 11.0 Å². The van der Waals surface area contributed by atoms with E-state index in [1.54, 1.807) is 0 Å².